The number of piperidine rings is 1. The van der Waals surface area contributed by atoms with Crippen LogP contribution < -0.4 is 0 Å². The van der Waals surface area contributed by atoms with Crippen molar-refractivity contribution in [1.29, 1.82) is 0 Å². The van der Waals surface area contributed by atoms with Gasteiger partial charge in [0.2, 0.25) is 0 Å². The summed E-state index contributed by atoms with van der Waals surface area (Å²) in [5.74, 6) is 1.50. The highest BCUT2D eigenvalue weighted by atomic mass is 79.9. The maximum atomic E-state index is 4.65. The number of hydrogen-bond acceptors (Lipinski definition) is 3. The zero-order chi connectivity index (χ0) is 11.8. The molecule has 0 aromatic carbocycles. The van der Waals surface area contributed by atoms with E-state index < -0.39 is 0 Å². The van der Waals surface area contributed by atoms with E-state index >= 15 is 0 Å². The maximum absolute atomic E-state index is 4.65. The van der Waals surface area contributed by atoms with Gasteiger partial charge in [-0.15, -0.1) is 0 Å². The summed E-state index contributed by atoms with van der Waals surface area (Å²) >= 11 is 3.51. The van der Waals surface area contributed by atoms with Gasteiger partial charge < -0.3 is 4.90 Å². The van der Waals surface area contributed by atoms with Crippen LogP contribution in [0.3, 0.4) is 0 Å². The summed E-state index contributed by atoms with van der Waals surface area (Å²) in [6.07, 6.45) is 4.27. The molecule has 90 valence electrons. The van der Waals surface area contributed by atoms with E-state index in [4.69, 9.17) is 0 Å². The molecule has 0 amide bonds. The number of pyridine rings is 1. The third kappa shape index (κ3) is 2.09. The van der Waals surface area contributed by atoms with E-state index in [1.54, 1.807) is 0 Å². The van der Waals surface area contributed by atoms with E-state index in [2.05, 4.69) is 38.0 Å². The Hall–Kier alpha value is -0.940. The Bertz CT molecular complexity index is 528. The molecule has 2 aromatic heterocycles. The molecule has 3 rings (SSSR count). The molecule has 17 heavy (non-hydrogen) atoms. The average Bonchev–Trinajstić information content (AvgIpc) is 2.75. The number of halogens is 1. The second-order valence-electron chi connectivity index (χ2n) is 4.67. The third-order valence-corrected chi connectivity index (χ3v) is 4.03. The van der Waals surface area contributed by atoms with Crippen molar-refractivity contribution in [2.75, 3.05) is 20.1 Å². The zero-order valence-electron chi connectivity index (χ0n) is 9.80. The van der Waals surface area contributed by atoms with E-state index in [9.17, 15) is 0 Å². The van der Waals surface area contributed by atoms with Gasteiger partial charge in [-0.2, -0.15) is 5.10 Å². The first-order valence-electron chi connectivity index (χ1n) is 5.93. The first kappa shape index (κ1) is 11.2. The Labute approximate surface area is 109 Å². The van der Waals surface area contributed by atoms with Gasteiger partial charge in [-0.1, -0.05) is 0 Å². The lowest BCUT2D eigenvalue weighted by molar-refractivity contribution is 0.251. The van der Waals surface area contributed by atoms with Crippen LogP contribution in [-0.4, -0.2) is 39.6 Å². The van der Waals surface area contributed by atoms with Crippen molar-refractivity contribution in [2.45, 2.75) is 18.8 Å². The summed E-state index contributed by atoms with van der Waals surface area (Å²) in [6, 6.07) is 3.98. The number of aromatic nitrogens is 3. The molecule has 0 unspecified atom stereocenters. The Morgan fingerprint density at radius 3 is 2.82 bits per heavy atom. The van der Waals surface area contributed by atoms with Crippen LogP contribution in [0.25, 0.3) is 5.65 Å². The summed E-state index contributed by atoms with van der Waals surface area (Å²) in [4.78, 5) is 7.01. The molecule has 0 spiro atoms. The highest BCUT2D eigenvalue weighted by Crippen LogP contribution is 2.26. The minimum absolute atomic E-state index is 0.512. The van der Waals surface area contributed by atoms with Crippen LogP contribution in [0.15, 0.2) is 22.8 Å². The predicted molar refractivity (Wildman–Crippen MR) is 70.2 cm³/mol. The van der Waals surface area contributed by atoms with Gasteiger partial charge >= 0.3 is 0 Å². The van der Waals surface area contributed by atoms with Gasteiger partial charge in [-0.25, -0.2) is 9.50 Å². The van der Waals surface area contributed by atoms with Crippen LogP contribution >= 0.6 is 15.9 Å². The van der Waals surface area contributed by atoms with Crippen molar-refractivity contribution >= 4 is 21.6 Å². The molecule has 0 atom stereocenters. The van der Waals surface area contributed by atoms with Gasteiger partial charge in [0.05, 0.1) is 4.47 Å². The molecule has 1 aliphatic heterocycles. The predicted octanol–water partition coefficient (Wildman–Crippen LogP) is 2.30. The van der Waals surface area contributed by atoms with Crippen molar-refractivity contribution in [3.8, 4) is 0 Å². The van der Waals surface area contributed by atoms with Gasteiger partial charge in [0, 0.05) is 12.1 Å². The molecule has 0 N–H and O–H groups in total. The molecule has 1 fully saturated rings. The number of hydrogen-bond donors (Lipinski definition) is 0. The van der Waals surface area contributed by atoms with Gasteiger partial charge in [0.25, 0.3) is 0 Å². The lowest BCUT2D eigenvalue weighted by Gasteiger charge is -2.26. The Morgan fingerprint density at radius 1 is 1.35 bits per heavy atom. The van der Waals surface area contributed by atoms with Crippen molar-refractivity contribution in [2.24, 2.45) is 0 Å². The van der Waals surface area contributed by atoms with Crippen LogP contribution in [0.5, 0.6) is 0 Å². The SMILES string of the molecule is CN1CCC(c2nc3c(Br)cccn3n2)CC1. The molecule has 1 saturated heterocycles. The van der Waals surface area contributed by atoms with Gasteiger partial charge in [-0.3, -0.25) is 0 Å². The van der Waals surface area contributed by atoms with Crippen molar-refractivity contribution in [3.63, 3.8) is 0 Å². The average molecular weight is 295 g/mol. The number of likely N-dealkylation sites (tertiary alicyclic amines) is 1. The Morgan fingerprint density at radius 2 is 2.12 bits per heavy atom. The van der Waals surface area contributed by atoms with Crippen LogP contribution in [0, 0.1) is 0 Å². The normalized spacial score (nSPS) is 18.9. The molecule has 3 heterocycles. The first-order valence-corrected chi connectivity index (χ1v) is 6.72. The molecule has 2 aromatic rings. The van der Waals surface area contributed by atoms with Crippen LogP contribution in [0.1, 0.15) is 24.6 Å². The van der Waals surface area contributed by atoms with E-state index in [1.165, 1.54) is 0 Å². The first-order chi connectivity index (χ1) is 8.24. The largest absolute Gasteiger partial charge is 0.306 e. The Kier molecular flexibility index (Phi) is 2.88. The van der Waals surface area contributed by atoms with Crippen molar-refractivity contribution in [3.05, 3.63) is 28.6 Å². The van der Waals surface area contributed by atoms with Gasteiger partial charge in [-0.05, 0) is 61.0 Å². The minimum Gasteiger partial charge on any atom is -0.306 e. The highest BCUT2D eigenvalue weighted by molar-refractivity contribution is 9.10. The van der Waals surface area contributed by atoms with Crippen LogP contribution in [0.2, 0.25) is 0 Å². The third-order valence-electron chi connectivity index (χ3n) is 3.41. The smallest absolute Gasteiger partial charge is 0.169 e. The summed E-state index contributed by atoms with van der Waals surface area (Å²) in [7, 11) is 2.17. The summed E-state index contributed by atoms with van der Waals surface area (Å²) in [5.41, 5.74) is 0.918. The molecule has 0 saturated carbocycles. The van der Waals surface area contributed by atoms with E-state index in [1.807, 2.05) is 22.8 Å². The second kappa shape index (κ2) is 4.38. The number of rotatable bonds is 1. The molecular formula is C12H15BrN4. The van der Waals surface area contributed by atoms with Crippen LogP contribution in [-0.2, 0) is 0 Å². The fourth-order valence-corrected chi connectivity index (χ4v) is 2.75. The Balaban J connectivity index is 1.93. The molecule has 4 nitrogen and oxygen atoms in total. The topological polar surface area (TPSA) is 33.4 Å². The summed E-state index contributed by atoms with van der Waals surface area (Å²) < 4.78 is 2.87. The second-order valence-corrected chi connectivity index (χ2v) is 5.53. The fourth-order valence-electron chi connectivity index (χ4n) is 2.33. The molecular weight excluding hydrogens is 280 g/mol. The van der Waals surface area contributed by atoms with E-state index in [-0.39, 0.29) is 0 Å². The number of nitrogens with zero attached hydrogens (tertiary/aromatic N) is 4. The zero-order valence-corrected chi connectivity index (χ0v) is 11.4. The van der Waals surface area contributed by atoms with Gasteiger partial charge in [0.1, 0.15) is 0 Å². The van der Waals surface area contributed by atoms with Crippen molar-refractivity contribution < 1.29 is 0 Å². The van der Waals surface area contributed by atoms with Gasteiger partial charge in [0.15, 0.2) is 11.5 Å². The molecule has 1 aliphatic rings. The molecule has 5 heteroatoms. The van der Waals surface area contributed by atoms with Crippen molar-refractivity contribution in [1.82, 2.24) is 19.5 Å². The fraction of sp³-hybridized carbons (Fsp3) is 0.500. The summed E-state index contributed by atoms with van der Waals surface area (Å²) in [5, 5.41) is 4.58. The number of fused-ring (bicyclic) bond motifs is 1. The molecule has 0 bridgehead atoms. The standard InChI is InChI=1S/C12H15BrN4/c1-16-7-4-9(5-8-16)11-14-12-10(13)3-2-6-17(12)15-11/h2-3,6,9H,4-5,7-8H2,1H3. The van der Waals surface area contributed by atoms with E-state index in [0.717, 1.165) is 41.9 Å². The lowest BCUT2D eigenvalue weighted by Crippen LogP contribution is -2.29. The monoisotopic (exact) mass is 294 g/mol. The maximum Gasteiger partial charge on any atom is 0.169 e. The molecule has 0 radical (unpaired) electrons. The lowest BCUT2D eigenvalue weighted by atomic mass is 9.97. The summed E-state index contributed by atoms with van der Waals surface area (Å²) in [6.45, 7) is 2.28. The quantitative estimate of drug-likeness (QED) is 0.809. The minimum atomic E-state index is 0.512. The molecule has 0 aliphatic carbocycles. The van der Waals surface area contributed by atoms with Crippen LogP contribution in [0.4, 0.5) is 0 Å². The highest BCUT2D eigenvalue weighted by Gasteiger charge is 2.22. The van der Waals surface area contributed by atoms with E-state index in [0.29, 0.717) is 5.92 Å².